The number of hydrogen-bond donors (Lipinski definition) is 0. The van der Waals surface area contributed by atoms with Gasteiger partial charge in [0, 0.05) is 31.5 Å². The maximum atomic E-state index is 11.7. The van der Waals surface area contributed by atoms with E-state index in [0.29, 0.717) is 18.7 Å². The second-order valence-corrected chi connectivity index (χ2v) is 4.52. The highest BCUT2D eigenvalue weighted by Crippen LogP contribution is 2.24. The highest BCUT2D eigenvalue weighted by molar-refractivity contribution is 5.93. The topological polar surface area (TPSA) is 37.4 Å². The van der Waals surface area contributed by atoms with Gasteiger partial charge in [0.15, 0.2) is 0 Å². The summed E-state index contributed by atoms with van der Waals surface area (Å²) in [4.78, 5) is 25.0. The Morgan fingerprint density at radius 3 is 2.59 bits per heavy atom. The van der Waals surface area contributed by atoms with Gasteiger partial charge in [0.25, 0.3) is 0 Å². The Bertz CT molecular complexity index is 413. The van der Waals surface area contributed by atoms with Gasteiger partial charge in [-0.2, -0.15) is 0 Å². The Labute approximate surface area is 101 Å². The van der Waals surface area contributed by atoms with Crippen LogP contribution in [0.2, 0.25) is 0 Å². The molecular weight excluding hydrogens is 214 g/mol. The van der Waals surface area contributed by atoms with Crippen molar-refractivity contribution < 1.29 is 9.59 Å². The number of amides is 1. The molecule has 0 bridgehead atoms. The first kappa shape index (κ1) is 11.8. The van der Waals surface area contributed by atoms with E-state index in [2.05, 4.69) is 0 Å². The van der Waals surface area contributed by atoms with Gasteiger partial charge < -0.3 is 4.90 Å². The lowest BCUT2D eigenvalue weighted by Gasteiger charge is -2.23. The molecule has 1 aliphatic rings. The lowest BCUT2D eigenvalue weighted by Crippen LogP contribution is -2.34. The molecule has 0 aromatic heterocycles. The molecular formula is C14H17NO2. The fourth-order valence-corrected chi connectivity index (χ4v) is 2.33. The van der Waals surface area contributed by atoms with Crippen LogP contribution < -0.4 is 4.90 Å². The summed E-state index contributed by atoms with van der Waals surface area (Å²) in [6, 6.07) is 9.54. The molecule has 1 aromatic carbocycles. The highest BCUT2D eigenvalue weighted by atomic mass is 16.2. The summed E-state index contributed by atoms with van der Waals surface area (Å²) in [5.41, 5.74) is 0.875. The van der Waals surface area contributed by atoms with Crippen molar-refractivity contribution >= 4 is 17.4 Å². The smallest absolute Gasteiger partial charge is 0.223 e. The van der Waals surface area contributed by atoms with Crippen molar-refractivity contribution in [3.63, 3.8) is 0 Å². The predicted octanol–water partition coefficient (Wildman–Crippen LogP) is 2.41. The standard InChI is InChI=1S/C14H17NO2/c1-11(16)15(13-7-3-2-4-8-13)10-12-6-5-9-14(12)17/h2-4,7-8,12H,5-6,9-10H2,1H3/t12-/m0/s1. The van der Waals surface area contributed by atoms with E-state index < -0.39 is 0 Å². The number of hydrogen-bond acceptors (Lipinski definition) is 2. The van der Waals surface area contributed by atoms with Gasteiger partial charge in [-0.05, 0) is 25.0 Å². The van der Waals surface area contributed by atoms with Crippen LogP contribution in [0.3, 0.4) is 0 Å². The van der Waals surface area contributed by atoms with E-state index in [1.165, 1.54) is 0 Å². The molecule has 0 aliphatic heterocycles. The van der Waals surface area contributed by atoms with Gasteiger partial charge in [0.2, 0.25) is 5.91 Å². The molecule has 1 aliphatic carbocycles. The first-order valence-electron chi connectivity index (χ1n) is 6.04. The summed E-state index contributed by atoms with van der Waals surface area (Å²) >= 11 is 0. The second kappa shape index (κ2) is 5.13. The van der Waals surface area contributed by atoms with Crippen molar-refractivity contribution in [3.05, 3.63) is 30.3 Å². The van der Waals surface area contributed by atoms with Gasteiger partial charge in [0.1, 0.15) is 5.78 Å². The number of anilines is 1. The van der Waals surface area contributed by atoms with Crippen LogP contribution in [-0.4, -0.2) is 18.2 Å². The number of Topliss-reactive ketones (excluding diaryl/α,β-unsaturated/α-hetero) is 1. The van der Waals surface area contributed by atoms with Crippen molar-refractivity contribution in [3.8, 4) is 0 Å². The minimum atomic E-state index is -0.00380. The Morgan fingerprint density at radius 1 is 1.35 bits per heavy atom. The van der Waals surface area contributed by atoms with Crippen LogP contribution in [0.15, 0.2) is 30.3 Å². The fraction of sp³-hybridized carbons (Fsp3) is 0.429. The Hall–Kier alpha value is -1.64. The molecule has 1 aromatic rings. The molecule has 1 saturated carbocycles. The van der Waals surface area contributed by atoms with Crippen molar-refractivity contribution in [2.24, 2.45) is 5.92 Å². The predicted molar refractivity (Wildman–Crippen MR) is 66.8 cm³/mol. The van der Waals surface area contributed by atoms with Gasteiger partial charge in [-0.1, -0.05) is 18.2 Å². The number of carbonyl (C=O) groups excluding carboxylic acids is 2. The molecule has 17 heavy (non-hydrogen) atoms. The lowest BCUT2D eigenvalue weighted by molar-refractivity contribution is -0.120. The highest BCUT2D eigenvalue weighted by Gasteiger charge is 2.27. The van der Waals surface area contributed by atoms with Gasteiger partial charge in [-0.3, -0.25) is 9.59 Å². The van der Waals surface area contributed by atoms with Crippen LogP contribution in [0.1, 0.15) is 26.2 Å². The van der Waals surface area contributed by atoms with E-state index in [9.17, 15) is 9.59 Å². The summed E-state index contributed by atoms with van der Waals surface area (Å²) < 4.78 is 0. The number of benzene rings is 1. The molecule has 3 nitrogen and oxygen atoms in total. The number of carbonyl (C=O) groups is 2. The fourth-order valence-electron chi connectivity index (χ4n) is 2.33. The molecule has 1 atom stereocenters. The van der Waals surface area contributed by atoms with E-state index in [4.69, 9.17) is 0 Å². The summed E-state index contributed by atoms with van der Waals surface area (Å²) in [5.74, 6) is 0.321. The Kier molecular flexibility index (Phi) is 3.57. The molecule has 3 heteroatoms. The SMILES string of the molecule is CC(=O)N(C[C@@H]1CCCC1=O)c1ccccc1. The zero-order valence-electron chi connectivity index (χ0n) is 10.1. The van der Waals surface area contributed by atoms with Crippen molar-refractivity contribution in [1.29, 1.82) is 0 Å². The third-order valence-corrected chi connectivity index (χ3v) is 3.28. The quantitative estimate of drug-likeness (QED) is 0.801. The molecule has 1 fully saturated rings. The van der Waals surface area contributed by atoms with Crippen molar-refractivity contribution in [2.75, 3.05) is 11.4 Å². The van der Waals surface area contributed by atoms with E-state index in [-0.39, 0.29) is 11.8 Å². The van der Waals surface area contributed by atoms with Gasteiger partial charge in [0.05, 0.1) is 0 Å². The maximum Gasteiger partial charge on any atom is 0.223 e. The van der Waals surface area contributed by atoms with Crippen LogP contribution in [0.5, 0.6) is 0 Å². The van der Waals surface area contributed by atoms with E-state index in [1.54, 1.807) is 11.8 Å². The molecule has 2 rings (SSSR count). The van der Waals surface area contributed by atoms with Crippen LogP contribution in [0.4, 0.5) is 5.69 Å². The molecule has 0 spiro atoms. The average Bonchev–Trinajstić information content (AvgIpc) is 2.72. The van der Waals surface area contributed by atoms with Crippen LogP contribution in [0.25, 0.3) is 0 Å². The first-order valence-corrected chi connectivity index (χ1v) is 6.04. The maximum absolute atomic E-state index is 11.7. The summed E-state index contributed by atoms with van der Waals surface area (Å²) in [6.07, 6.45) is 2.55. The van der Waals surface area contributed by atoms with Crippen LogP contribution in [-0.2, 0) is 9.59 Å². The van der Waals surface area contributed by atoms with Gasteiger partial charge in [-0.15, -0.1) is 0 Å². The molecule has 0 N–H and O–H groups in total. The molecule has 0 saturated heterocycles. The van der Waals surface area contributed by atoms with E-state index >= 15 is 0 Å². The Balaban J connectivity index is 2.13. The summed E-state index contributed by atoms with van der Waals surface area (Å²) in [5, 5.41) is 0. The van der Waals surface area contributed by atoms with Gasteiger partial charge in [-0.25, -0.2) is 0 Å². The summed E-state index contributed by atoms with van der Waals surface area (Å²) in [7, 11) is 0. The summed E-state index contributed by atoms with van der Waals surface area (Å²) in [6.45, 7) is 2.07. The number of ketones is 1. The number of nitrogens with zero attached hydrogens (tertiary/aromatic N) is 1. The zero-order valence-corrected chi connectivity index (χ0v) is 10.1. The molecule has 0 unspecified atom stereocenters. The number of rotatable bonds is 3. The van der Waals surface area contributed by atoms with E-state index in [1.807, 2.05) is 30.3 Å². The van der Waals surface area contributed by atoms with E-state index in [0.717, 1.165) is 18.5 Å². The third-order valence-electron chi connectivity index (χ3n) is 3.28. The molecule has 0 radical (unpaired) electrons. The van der Waals surface area contributed by atoms with Crippen molar-refractivity contribution in [2.45, 2.75) is 26.2 Å². The van der Waals surface area contributed by atoms with Crippen LogP contribution >= 0.6 is 0 Å². The minimum Gasteiger partial charge on any atom is -0.312 e. The van der Waals surface area contributed by atoms with Crippen molar-refractivity contribution in [1.82, 2.24) is 0 Å². The largest absolute Gasteiger partial charge is 0.312 e. The zero-order chi connectivity index (χ0) is 12.3. The second-order valence-electron chi connectivity index (χ2n) is 4.52. The third kappa shape index (κ3) is 2.73. The molecule has 90 valence electrons. The Morgan fingerprint density at radius 2 is 2.06 bits per heavy atom. The van der Waals surface area contributed by atoms with Gasteiger partial charge >= 0.3 is 0 Å². The monoisotopic (exact) mass is 231 g/mol. The van der Waals surface area contributed by atoms with Crippen LogP contribution in [0, 0.1) is 5.92 Å². The minimum absolute atomic E-state index is 0.00380. The average molecular weight is 231 g/mol. The molecule has 0 heterocycles. The normalized spacial score (nSPS) is 19.4. The first-order chi connectivity index (χ1) is 8.18. The molecule has 1 amide bonds. The lowest BCUT2D eigenvalue weighted by atomic mass is 10.1. The number of para-hydroxylation sites is 1.